The topological polar surface area (TPSA) is 119 Å². The van der Waals surface area contributed by atoms with E-state index in [4.69, 9.17) is 5.11 Å². The van der Waals surface area contributed by atoms with Crippen LogP contribution in [0.1, 0.15) is 6.42 Å². The van der Waals surface area contributed by atoms with Crippen molar-refractivity contribution in [3.8, 4) is 0 Å². The smallest absolute Gasteiger partial charge is 0.307 e. The van der Waals surface area contributed by atoms with E-state index in [0.717, 1.165) is 0 Å². The molecule has 0 spiro atoms. The monoisotopic (exact) mass is 305 g/mol. The standard InChI is InChI=1S/C12H19NO8/c14-7-11(17)8-21-12(18)1-2-13(3-5-19-9-15)4-6-20-10-16/h7,9-11,17H,1-6,8H2. The summed E-state index contributed by atoms with van der Waals surface area (Å²) in [5.41, 5.74) is 0. The van der Waals surface area contributed by atoms with Crippen LogP contribution >= 0.6 is 0 Å². The second-order valence-electron chi connectivity index (χ2n) is 3.91. The number of esters is 1. The molecule has 0 aliphatic carbocycles. The van der Waals surface area contributed by atoms with Gasteiger partial charge in [0.2, 0.25) is 0 Å². The second kappa shape index (κ2) is 13.0. The van der Waals surface area contributed by atoms with E-state index >= 15 is 0 Å². The number of hydrogen-bond acceptors (Lipinski definition) is 9. The van der Waals surface area contributed by atoms with Crippen LogP contribution in [-0.4, -0.2) is 80.8 Å². The Morgan fingerprint density at radius 1 is 1.05 bits per heavy atom. The van der Waals surface area contributed by atoms with Gasteiger partial charge in [0, 0.05) is 19.6 Å². The van der Waals surface area contributed by atoms with Gasteiger partial charge in [0.15, 0.2) is 6.29 Å². The van der Waals surface area contributed by atoms with Crippen LogP contribution in [0.3, 0.4) is 0 Å². The molecule has 0 aromatic carbocycles. The van der Waals surface area contributed by atoms with Crippen LogP contribution in [0.15, 0.2) is 0 Å². The van der Waals surface area contributed by atoms with E-state index in [1.807, 2.05) is 0 Å². The first-order valence-electron chi connectivity index (χ1n) is 6.25. The highest BCUT2D eigenvalue weighted by Crippen LogP contribution is 1.96. The van der Waals surface area contributed by atoms with Gasteiger partial charge in [-0.15, -0.1) is 0 Å². The van der Waals surface area contributed by atoms with Crippen molar-refractivity contribution in [2.75, 3.05) is 39.5 Å². The molecule has 0 aromatic heterocycles. The minimum Gasteiger partial charge on any atom is -0.467 e. The van der Waals surface area contributed by atoms with Crippen molar-refractivity contribution in [3.63, 3.8) is 0 Å². The van der Waals surface area contributed by atoms with Gasteiger partial charge in [-0.3, -0.25) is 19.3 Å². The molecule has 1 atom stereocenters. The zero-order chi connectivity index (χ0) is 15.9. The molecule has 1 unspecified atom stereocenters. The second-order valence-corrected chi connectivity index (χ2v) is 3.91. The van der Waals surface area contributed by atoms with E-state index in [1.54, 1.807) is 4.90 Å². The molecular formula is C12H19NO8. The van der Waals surface area contributed by atoms with E-state index in [1.165, 1.54) is 0 Å². The Labute approximate surface area is 121 Å². The molecule has 0 saturated carbocycles. The molecule has 0 aliphatic rings. The summed E-state index contributed by atoms with van der Waals surface area (Å²) in [7, 11) is 0. The minimum absolute atomic E-state index is 0.0216. The van der Waals surface area contributed by atoms with E-state index < -0.39 is 12.1 Å². The van der Waals surface area contributed by atoms with Crippen molar-refractivity contribution in [1.82, 2.24) is 4.90 Å². The maximum atomic E-state index is 11.4. The lowest BCUT2D eigenvalue weighted by Crippen LogP contribution is -2.33. The Morgan fingerprint density at radius 2 is 1.62 bits per heavy atom. The van der Waals surface area contributed by atoms with Gasteiger partial charge in [-0.1, -0.05) is 0 Å². The van der Waals surface area contributed by atoms with Crippen LogP contribution in [0, 0.1) is 0 Å². The largest absolute Gasteiger partial charge is 0.467 e. The van der Waals surface area contributed by atoms with Gasteiger partial charge in [-0.05, 0) is 0 Å². The fraction of sp³-hybridized carbons (Fsp3) is 0.667. The van der Waals surface area contributed by atoms with Crippen molar-refractivity contribution in [2.24, 2.45) is 0 Å². The highest BCUT2D eigenvalue weighted by atomic mass is 16.5. The summed E-state index contributed by atoms with van der Waals surface area (Å²) in [5, 5.41) is 8.92. The Kier molecular flexibility index (Phi) is 11.8. The average Bonchev–Trinajstić information content (AvgIpc) is 2.49. The number of aldehydes is 1. The Balaban J connectivity index is 4.00. The molecule has 1 N–H and O–H groups in total. The Bertz CT molecular complexity index is 308. The highest BCUT2D eigenvalue weighted by Gasteiger charge is 2.11. The summed E-state index contributed by atoms with van der Waals surface area (Å²) in [6.45, 7) is 1.55. The summed E-state index contributed by atoms with van der Waals surface area (Å²) in [5.74, 6) is -0.575. The van der Waals surface area contributed by atoms with Crippen LogP contribution in [-0.2, 0) is 33.4 Å². The van der Waals surface area contributed by atoms with Crippen LogP contribution in [0.5, 0.6) is 0 Å². The summed E-state index contributed by atoms with van der Waals surface area (Å²) >= 11 is 0. The molecule has 0 amide bonds. The number of hydrogen-bond donors (Lipinski definition) is 1. The highest BCUT2D eigenvalue weighted by molar-refractivity contribution is 5.70. The first-order chi connectivity index (χ1) is 10.1. The molecule has 120 valence electrons. The van der Waals surface area contributed by atoms with Crippen LogP contribution in [0.2, 0.25) is 0 Å². The summed E-state index contributed by atoms with van der Waals surface area (Å²) in [4.78, 5) is 43.4. The first-order valence-corrected chi connectivity index (χ1v) is 6.25. The molecule has 0 heterocycles. The Hall–Kier alpha value is -2.00. The van der Waals surface area contributed by atoms with Crippen LogP contribution < -0.4 is 0 Å². The molecule has 0 radical (unpaired) electrons. The number of ether oxygens (including phenoxy) is 3. The third-order valence-corrected chi connectivity index (χ3v) is 2.39. The van der Waals surface area contributed by atoms with Crippen molar-refractivity contribution in [2.45, 2.75) is 12.5 Å². The van der Waals surface area contributed by atoms with Gasteiger partial charge >= 0.3 is 5.97 Å². The molecule has 21 heavy (non-hydrogen) atoms. The fourth-order valence-corrected chi connectivity index (χ4v) is 1.33. The number of nitrogens with zero attached hydrogens (tertiary/aromatic N) is 1. The lowest BCUT2D eigenvalue weighted by Gasteiger charge is -2.20. The number of aliphatic hydroxyl groups is 1. The number of carbonyl (C=O) groups is 4. The lowest BCUT2D eigenvalue weighted by atomic mass is 10.3. The molecule has 9 heteroatoms. The molecule has 0 aromatic rings. The zero-order valence-electron chi connectivity index (χ0n) is 11.5. The van der Waals surface area contributed by atoms with Gasteiger partial charge in [-0.2, -0.15) is 0 Å². The van der Waals surface area contributed by atoms with Gasteiger partial charge in [0.05, 0.1) is 6.42 Å². The molecule has 9 nitrogen and oxygen atoms in total. The third-order valence-electron chi connectivity index (χ3n) is 2.39. The number of rotatable bonds is 14. The van der Waals surface area contributed by atoms with Gasteiger partial charge in [-0.25, -0.2) is 0 Å². The maximum absolute atomic E-state index is 11.4. The fourth-order valence-electron chi connectivity index (χ4n) is 1.33. The quantitative estimate of drug-likeness (QED) is 0.170. The van der Waals surface area contributed by atoms with Crippen molar-refractivity contribution in [1.29, 1.82) is 0 Å². The molecule has 0 rings (SSSR count). The average molecular weight is 305 g/mol. The van der Waals surface area contributed by atoms with E-state index in [0.29, 0.717) is 32.6 Å². The van der Waals surface area contributed by atoms with Gasteiger partial charge in [0.1, 0.15) is 25.9 Å². The zero-order valence-corrected chi connectivity index (χ0v) is 11.5. The molecule has 0 bridgehead atoms. The van der Waals surface area contributed by atoms with Crippen molar-refractivity contribution >= 4 is 25.2 Å². The van der Waals surface area contributed by atoms with E-state index in [2.05, 4.69) is 14.2 Å². The Morgan fingerprint density at radius 3 is 2.10 bits per heavy atom. The van der Waals surface area contributed by atoms with Crippen LogP contribution in [0.25, 0.3) is 0 Å². The molecule has 0 saturated heterocycles. The molecule has 0 fully saturated rings. The number of aliphatic hydroxyl groups excluding tert-OH is 1. The summed E-state index contributed by atoms with van der Waals surface area (Å²) in [6, 6.07) is 0. The minimum atomic E-state index is -1.33. The third kappa shape index (κ3) is 11.5. The van der Waals surface area contributed by atoms with E-state index in [9.17, 15) is 19.2 Å². The summed E-state index contributed by atoms with van der Waals surface area (Å²) in [6.07, 6.45) is -1.03. The van der Waals surface area contributed by atoms with Gasteiger partial charge < -0.3 is 24.1 Å². The normalized spacial score (nSPS) is 11.5. The summed E-state index contributed by atoms with van der Waals surface area (Å²) < 4.78 is 13.8. The van der Waals surface area contributed by atoms with Gasteiger partial charge in [0.25, 0.3) is 12.9 Å². The predicted molar refractivity (Wildman–Crippen MR) is 68.1 cm³/mol. The maximum Gasteiger partial charge on any atom is 0.307 e. The first kappa shape index (κ1) is 19.0. The lowest BCUT2D eigenvalue weighted by molar-refractivity contribution is -0.148. The van der Waals surface area contributed by atoms with Crippen molar-refractivity contribution < 1.29 is 38.5 Å². The van der Waals surface area contributed by atoms with Crippen LogP contribution in [0.4, 0.5) is 0 Å². The van der Waals surface area contributed by atoms with E-state index in [-0.39, 0.29) is 32.5 Å². The number of carbonyl (C=O) groups excluding carboxylic acids is 4. The molecular weight excluding hydrogens is 286 g/mol. The SMILES string of the molecule is O=COCCN(CCOC=O)CCC(=O)OCC(O)C=O. The predicted octanol–water partition coefficient (Wildman–Crippen LogP) is -1.87. The molecule has 0 aliphatic heterocycles. The van der Waals surface area contributed by atoms with Crippen molar-refractivity contribution in [3.05, 3.63) is 0 Å².